The average Bonchev–Trinajstić information content (AvgIpc) is 3.18. The van der Waals surface area contributed by atoms with Crippen molar-refractivity contribution in [3.63, 3.8) is 0 Å². The summed E-state index contributed by atoms with van der Waals surface area (Å²) in [6.45, 7) is 0.447. The zero-order valence-electron chi connectivity index (χ0n) is 33.6. The molecule has 3 N–H and O–H groups in total. The minimum absolute atomic E-state index is 0.0150. The minimum Gasteiger partial charge on any atom is -0.377 e. The Labute approximate surface area is 342 Å². The van der Waals surface area contributed by atoms with Crippen LogP contribution >= 0.6 is 0 Å². The number of benzene rings is 6. The highest BCUT2D eigenvalue weighted by atomic mass is 32.2. The molecule has 0 saturated carbocycles. The summed E-state index contributed by atoms with van der Waals surface area (Å²) in [7, 11) is -0.526. The monoisotopic (exact) mass is 845 g/mol. The standard InChI is InChI=1S/C42H51N7O6S3/c1-46(2)37-19-7-16-34-31(37)13-10-22-40(34)56(50,51)43-25-28-49(29-26-44-57(52,53)41-23-11-14-32-35(41)17-8-20-38(32)47(3)4)30-27-45-58(54,55)42-24-12-15-33-36(42)18-9-21-39(33)48(5)6/h7-24,43-45H,25-30H2,1-6H3. The van der Waals surface area contributed by atoms with Gasteiger partial charge in [0.05, 0.1) is 14.7 Å². The molecule has 308 valence electrons. The number of hydrogen-bond donors (Lipinski definition) is 3. The summed E-state index contributed by atoms with van der Waals surface area (Å²) in [4.78, 5) is 8.02. The van der Waals surface area contributed by atoms with Crippen LogP contribution in [0.3, 0.4) is 0 Å². The lowest BCUT2D eigenvalue weighted by atomic mass is 10.1. The van der Waals surface area contributed by atoms with Crippen molar-refractivity contribution < 1.29 is 25.3 Å². The van der Waals surface area contributed by atoms with Crippen LogP contribution < -0.4 is 28.9 Å². The number of nitrogens with zero attached hydrogens (tertiary/aromatic N) is 4. The molecule has 0 spiro atoms. The Morgan fingerprint density at radius 1 is 0.362 bits per heavy atom. The van der Waals surface area contributed by atoms with E-state index >= 15 is 0 Å². The Hall–Kier alpha value is -4.81. The van der Waals surface area contributed by atoms with Gasteiger partial charge in [-0.3, -0.25) is 4.90 Å². The van der Waals surface area contributed by atoms with E-state index in [0.29, 0.717) is 16.2 Å². The van der Waals surface area contributed by atoms with Crippen molar-refractivity contribution in [2.45, 2.75) is 14.7 Å². The van der Waals surface area contributed by atoms with Crippen molar-refractivity contribution in [1.82, 2.24) is 19.1 Å². The zero-order chi connectivity index (χ0) is 41.8. The number of hydrogen-bond acceptors (Lipinski definition) is 10. The number of rotatable bonds is 18. The maximum absolute atomic E-state index is 13.7. The summed E-state index contributed by atoms with van der Waals surface area (Å²) >= 11 is 0. The lowest BCUT2D eigenvalue weighted by molar-refractivity contribution is 0.287. The van der Waals surface area contributed by atoms with Gasteiger partial charge in [0.25, 0.3) is 0 Å². The molecular formula is C42H51N7O6S3. The molecule has 13 nitrogen and oxygen atoms in total. The van der Waals surface area contributed by atoms with Gasteiger partial charge in [-0.2, -0.15) is 0 Å². The molecule has 6 aromatic rings. The van der Waals surface area contributed by atoms with Crippen LogP contribution in [0.2, 0.25) is 0 Å². The highest BCUT2D eigenvalue weighted by Crippen LogP contribution is 2.32. The molecule has 0 aromatic heterocycles. The van der Waals surface area contributed by atoms with Crippen LogP contribution in [0.4, 0.5) is 17.1 Å². The van der Waals surface area contributed by atoms with Crippen molar-refractivity contribution in [3.05, 3.63) is 109 Å². The third-order valence-corrected chi connectivity index (χ3v) is 14.6. The molecule has 6 aromatic carbocycles. The Morgan fingerprint density at radius 2 is 0.603 bits per heavy atom. The predicted octanol–water partition coefficient (Wildman–Crippen LogP) is 4.88. The molecular weight excluding hydrogens is 795 g/mol. The molecule has 0 aliphatic rings. The SMILES string of the molecule is CN(C)c1cccc2c(S(=O)(=O)NCCN(CCNS(=O)(=O)c3cccc4c(N(C)C)cccc34)CCNS(=O)(=O)c3cccc4c(N(C)C)cccc34)cccc12. The summed E-state index contributed by atoms with van der Waals surface area (Å²) in [6.07, 6.45) is 0. The first kappa shape index (κ1) is 42.8. The third-order valence-electron chi connectivity index (χ3n) is 10.1. The van der Waals surface area contributed by atoms with Crippen molar-refractivity contribution >= 4 is 79.4 Å². The van der Waals surface area contributed by atoms with E-state index in [4.69, 9.17) is 0 Å². The Morgan fingerprint density at radius 3 is 0.862 bits per heavy atom. The molecule has 0 unspecified atom stereocenters. The Kier molecular flexibility index (Phi) is 13.0. The second kappa shape index (κ2) is 17.6. The normalized spacial score (nSPS) is 12.5. The van der Waals surface area contributed by atoms with Crippen LogP contribution in [-0.4, -0.2) is 112 Å². The first-order valence-corrected chi connectivity index (χ1v) is 23.3. The Balaban J connectivity index is 1.20. The number of fused-ring (bicyclic) bond motifs is 3. The van der Waals surface area contributed by atoms with E-state index in [1.807, 2.05) is 116 Å². The van der Waals surface area contributed by atoms with Gasteiger partial charge in [0.15, 0.2) is 0 Å². The first-order chi connectivity index (χ1) is 27.5. The fourth-order valence-corrected chi connectivity index (χ4v) is 11.0. The fraction of sp³-hybridized carbons (Fsp3) is 0.286. The van der Waals surface area contributed by atoms with E-state index in [9.17, 15) is 25.3 Å². The van der Waals surface area contributed by atoms with Crippen molar-refractivity contribution in [1.29, 1.82) is 0 Å². The summed E-state index contributed by atoms with van der Waals surface area (Å²) in [5.41, 5.74) is 2.65. The van der Waals surface area contributed by atoms with Gasteiger partial charge >= 0.3 is 0 Å². The second-order valence-electron chi connectivity index (χ2n) is 14.6. The molecule has 0 fully saturated rings. The van der Waals surface area contributed by atoms with Gasteiger partial charge < -0.3 is 14.7 Å². The van der Waals surface area contributed by atoms with Crippen molar-refractivity contribution in [2.24, 2.45) is 0 Å². The van der Waals surface area contributed by atoms with Crippen molar-refractivity contribution in [2.75, 3.05) is 96.3 Å². The van der Waals surface area contributed by atoms with Crippen LogP contribution in [0.1, 0.15) is 0 Å². The van der Waals surface area contributed by atoms with Crippen LogP contribution in [0.25, 0.3) is 32.3 Å². The quantitative estimate of drug-likeness (QED) is 0.109. The summed E-state index contributed by atoms with van der Waals surface area (Å²) < 4.78 is 90.5. The molecule has 0 heterocycles. The lowest BCUT2D eigenvalue weighted by Crippen LogP contribution is -2.43. The molecule has 0 aliphatic carbocycles. The molecule has 0 radical (unpaired) electrons. The highest BCUT2D eigenvalue weighted by Gasteiger charge is 2.23. The van der Waals surface area contributed by atoms with Gasteiger partial charge in [0.1, 0.15) is 0 Å². The first-order valence-electron chi connectivity index (χ1n) is 18.8. The third kappa shape index (κ3) is 9.23. The van der Waals surface area contributed by atoms with Gasteiger partial charge in [0, 0.05) is 131 Å². The molecule has 0 bridgehead atoms. The number of anilines is 3. The molecule has 58 heavy (non-hydrogen) atoms. The summed E-state index contributed by atoms with van der Waals surface area (Å²) in [5, 5.41) is 4.14. The maximum atomic E-state index is 13.7. The van der Waals surface area contributed by atoms with E-state index in [1.165, 1.54) is 0 Å². The smallest absolute Gasteiger partial charge is 0.241 e. The van der Waals surface area contributed by atoms with Gasteiger partial charge in [-0.05, 0) is 36.4 Å². The van der Waals surface area contributed by atoms with E-state index < -0.39 is 30.1 Å². The minimum atomic E-state index is -3.97. The van der Waals surface area contributed by atoms with Crippen LogP contribution in [0, 0.1) is 0 Å². The van der Waals surface area contributed by atoms with Crippen molar-refractivity contribution in [3.8, 4) is 0 Å². The lowest BCUT2D eigenvalue weighted by Gasteiger charge is -2.23. The number of sulfonamides is 3. The van der Waals surface area contributed by atoms with E-state index in [0.717, 1.165) is 33.2 Å². The molecule has 0 aliphatic heterocycles. The van der Waals surface area contributed by atoms with Crippen LogP contribution in [0.15, 0.2) is 124 Å². The van der Waals surface area contributed by atoms with Crippen LogP contribution in [-0.2, 0) is 30.1 Å². The molecule has 6 rings (SSSR count). The predicted molar refractivity (Wildman–Crippen MR) is 237 cm³/mol. The largest absolute Gasteiger partial charge is 0.377 e. The van der Waals surface area contributed by atoms with E-state index in [2.05, 4.69) is 14.2 Å². The fourth-order valence-electron chi connectivity index (χ4n) is 7.25. The Bertz CT molecular complexity index is 2480. The second-order valence-corrected chi connectivity index (χ2v) is 19.8. The van der Waals surface area contributed by atoms with E-state index in [1.54, 1.807) is 54.6 Å². The molecule has 16 heteroatoms. The average molecular weight is 846 g/mol. The molecule has 0 amide bonds. The summed E-state index contributed by atoms with van der Waals surface area (Å²) in [5.74, 6) is 0. The maximum Gasteiger partial charge on any atom is 0.241 e. The van der Waals surface area contributed by atoms with Gasteiger partial charge in [-0.15, -0.1) is 0 Å². The molecule has 0 atom stereocenters. The highest BCUT2D eigenvalue weighted by molar-refractivity contribution is 7.90. The van der Waals surface area contributed by atoms with E-state index in [-0.39, 0.29) is 54.0 Å². The summed E-state index contributed by atoms with van der Waals surface area (Å²) in [6, 6.07) is 32.0. The van der Waals surface area contributed by atoms with Gasteiger partial charge in [0.2, 0.25) is 30.1 Å². The topological polar surface area (TPSA) is 151 Å². The van der Waals surface area contributed by atoms with Crippen LogP contribution in [0.5, 0.6) is 0 Å². The molecule has 0 saturated heterocycles. The van der Waals surface area contributed by atoms with Gasteiger partial charge in [-0.1, -0.05) is 72.8 Å². The van der Waals surface area contributed by atoms with Gasteiger partial charge in [-0.25, -0.2) is 39.4 Å². The number of nitrogens with one attached hydrogen (secondary N) is 3. The zero-order valence-corrected chi connectivity index (χ0v) is 36.0.